The van der Waals surface area contributed by atoms with Crippen molar-refractivity contribution in [2.45, 2.75) is 51.2 Å². The summed E-state index contributed by atoms with van der Waals surface area (Å²) in [7, 11) is 0. The molecule has 2 unspecified atom stereocenters. The maximum Gasteiger partial charge on any atom is 0.410 e. The number of ether oxygens (including phenoxy) is 1. The molecule has 0 spiro atoms. The van der Waals surface area contributed by atoms with Crippen molar-refractivity contribution in [2.24, 2.45) is 11.3 Å². The summed E-state index contributed by atoms with van der Waals surface area (Å²) >= 11 is 0. The fraction of sp³-hybridized carbons (Fsp3) is 0.941. The molecule has 2 N–H and O–H groups in total. The molecular weight excluding hydrogens is 296 g/mol. The van der Waals surface area contributed by atoms with Crippen LogP contribution in [-0.4, -0.2) is 76.6 Å². The smallest absolute Gasteiger partial charge is 0.410 e. The van der Waals surface area contributed by atoms with Crippen molar-refractivity contribution in [3.8, 4) is 0 Å². The first kappa shape index (κ1) is 17.0. The maximum absolute atomic E-state index is 12.3. The van der Waals surface area contributed by atoms with E-state index < -0.39 is 16.6 Å². The van der Waals surface area contributed by atoms with Crippen molar-refractivity contribution >= 4 is 6.09 Å². The zero-order valence-corrected chi connectivity index (χ0v) is 14.5. The first-order valence-corrected chi connectivity index (χ1v) is 8.73. The van der Waals surface area contributed by atoms with Gasteiger partial charge in [0.2, 0.25) is 0 Å². The quantitative estimate of drug-likeness (QED) is 0.794. The third-order valence-corrected chi connectivity index (χ3v) is 5.95. The number of piperidine rings is 3. The van der Waals surface area contributed by atoms with Crippen molar-refractivity contribution in [3.05, 3.63) is 0 Å². The molecule has 4 heterocycles. The lowest BCUT2D eigenvalue weighted by atomic mass is 9.60. The van der Waals surface area contributed by atoms with E-state index in [1.807, 2.05) is 20.8 Å². The van der Waals surface area contributed by atoms with Gasteiger partial charge >= 0.3 is 6.09 Å². The van der Waals surface area contributed by atoms with Crippen LogP contribution in [0.25, 0.3) is 0 Å². The Hall–Kier alpha value is -0.850. The molecule has 0 aliphatic carbocycles. The standard InChI is InChI=1S/C17H30N2O4/c1-15(2,3)23-14(21)19-9-6-16(10-19,12-20)17(22)11-18-7-4-13(17)5-8-18/h13,20,22H,4-12H2,1-3H3. The number of carbonyl (C=O) groups is 1. The van der Waals surface area contributed by atoms with Crippen LogP contribution in [0.2, 0.25) is 0 Å². The van der Waals surface area contributed by atoms with Crippen LogP contribution in [-0.2, 0) is 4.74 Å². The average molecular weight is 326 g/mol. The SMILES string of the molecule is CC(C)(C)OC(=O)N1CCC(CO)(C2(O)CN3CCC2CC3)C1. The van der Waals surface area contributed by atoms with E-state index in [1.165, 1.54) is 0 Å². The number of rotatable bonds is 2. The largest absolute Gasteiger partial charge is 0.444 e. The summed E-state index contributed by atoms with van der Waals surface area (Å²) < 4.78 is 5.45. The lowest BCUT2D eigenvalue weighted by Gasteiger charge is -2.57. The van der Waals surface area contributed by atoms with Gasteiger partial charge < -0.3 is 24.7 Å². The van der Waals surface area contributed by atoms with Gasteiger partial charge in [-0.3, -0.25) is 0 Å². The molecule has 2 bridgehead atoms. The molecule has 1 amide bonds. The third kappa shape index (κ3) is 2.85. The molecule has 0 aromatic rings. The van der Waals surface area contributed by atoms with E-state index in [2.05, 4.69) is 4.90 Å². The highest BCUT2D eigenvalue weighted by atomic mass is 16.6. The lowest BCUT2D eigenvalue weighted by Crippen LogP contribution is -2.68. The van der Waals surface area contributed by atoms with Crippen molar-refractivity contribution in [1.82, 2.24) is 9.80 Å². The molecule has 6 nitrogen and oxygen atoms in total. The minimum absolute atomic E-state index is 0.0901. The number of hydrogen-bond donors (Lipinski definition) is 2. The Morgan fingerprint density at radius 2 is 1.87 bits per heavy atom. The van der Waals surface area contributed by atoms with Gasteiger partial charge in [-0.05, 0) is 59.0 Å². The summed E-state index contributed by atoms with van der Waals surface area (Å²) in [4.78, 5) is 16.3. The van der Waals surface area contributed by atoms with E-state index in [4.69, 9.17) is 4.74 Å². The van der Waals surface area contributed by atoms with Crippen molar-refractivity contribution in [2.75, 3.05) is 39.3 Å². The van der Waals surface area contributed by atoms with Crippen LogP contribution in [0.1, 0.15) is 40.0 Å². The van der Waals surface area contributed by atoms with Crippen LogP contribution >= 0.6 is 0 Å². The molecule has 0 radical (unpaired) electrons. The van der Waals surface area contributed by atoms with Gasteiger partial charge in [-0.15, -0.1) is 0 Å². The second-order valence-electron chi connectivity index (χ2n) is 8.57. The summed E-state index contributed by atoms with van der Waals surface area (Å²) in [5, 5.41) is 21.6. The number of likely N-dealkylation sites (tertiary alicyclic amines) is 1. The number of amides is 1. The van der Waals surface area contributed by atoms with E-state index in [-0.39, 0.29) is 18.6 Å². The van der Waals surface area contributed by atoms with Gasteiger partial charge in [0.05, 0.1) is 12.2 Å². The minimum Gasteiger partial charge on any atom is -0.444 e. The average Bonchev–Trinajstić information content (AvgIpc) is 2.93. The van der Waals surface area contributed by atoms with Gasteiger partial charge in [0.15, 0.2) is 0 Å². The molecule has 23 heavy (non-hydrogen) atoms. The summed E-state index contributed by atoms with van der Waals surface area (Å²) in [5.74, 6) is 0.221. The normalized spacial score (nSPS) is 40.5. The molecule has 4 rings (SSSR count). The molecule has 0 aromatic heterocycles. The second-order valence-corrected chi connectivity index (χ2v) is 8.57. The molecule has 4 fully saturated rings. The molecule has 2 atom stereocenters. The predicted octanol–water partition coefficient (Wildman–Crippen LogP) is 1.06. The Kier molecular flexibility index (Phi) is 4.14. The number of fused-ring (bicyclic) bond motifs is 3. The van der Waals surface area contributed by atoms with Gasteiger partial charge in [-0.1, -0.05) is 0 Å². The highest BCUT2D eigenvalue weighted by Crippen LogP contribution is 2.50. The van der Waals surface area contributed by atoms with Crippen molar-refractivity contribution < 1.29 is 19.7 Å². The third-order valence-electron chi connectivity index (χ3n) is 5.95. The van der Waals surface area contributed by atoms with Crippen LogP contribution in [0.4, 0.5) is 4.79 Å². The predicted molar refractivity (Wildman–Crippen MR) is 86.1 cm³/mol. The zero-order valence-electron chi connectivity index (χ0n) is 14.5. The zero-order chi connectivity index (χ0) is 16.9. The van der Waals surface area contributed by atoms with E-state index >= 15 is 0 Å². The number of carbonyl (C=O) groups excluding carboxylic acids is 1. The first-order chi connectivity index (χ1) is 10.7. The Labute approximate surface area is 138 Å². The van der Waals surface area contributed by atoms with E-state index in [1.54, 1.807) is 4.90 Å². The van der Waals surface area contributed by atoms with Gasteiger partial charge in [0.25, 0.3) is 0 Å². The Bertz CT molecular complexity index is 470. The molecule has 6 heteroatoms. The van der Waals surface area contributed by atoms with Crippen molar-refractivity contribution in [1.29, 1.82) is 0 Å². The van der Waals surface area contributed by atoms with Crippen molar-refractivity contribution in [3.63, 3.8) is 0 Å². The fourth-order valence-electron chi connectivity index (χ4n) is 4.61. The second kappa shape index (κ2) is 5.60. The van der Waals surface area contributed by atoms with Crippen LogP contribution in [0.3, 0.4) is 0 Å². The summed E-state index contributed by atoms with van der Waals surface area (Å²) in [6, 6.07) is 0. The number of hydrogen-bond acceptors (Lipinski definition) is 5. The van der Waals surface area contributed by atoms with Gasteiger partial charge in [-0.2, -0.15) is 0 Å². The van der Waals surface area contributed by atoms with Crippen LogP contribution < -0.4 is 0 Å². The summed E-state index contributed by atoms with van der Waals surface area (Å²) in [6.45, 7) is 9.04. The molecule has 4 aliphatic rings. The van der Waals surface area contributed by atoms with Gasteiger partial charge in [-0.25, -0.2) is 4.79 Å². The lowest BCUT2D eigenvalue weighted by molar-refractivity contribution is -0.194. The molecule has 0 aromatic carbocycles. The number of aliphatic hydroxyl groups excluding tert-OH is 1. The minimum atomic E-state index is -0.908. The first-order valence-electron chi connectivity index (χ1n) is 8.73. The Balaban J connectivity index is 1.77. The van der Waals surface area contributed by atoms with Crippen LogP contribution in [0.15, 0.2) is 0 Å². The number of aliphatic hydroxyl groups is 2. The summed E-state index contributed by atoms with van der Waals surface area (Å²) in [6.07, 6.45) is 2.23. The molecule has 0 saturated carbocycles. The molecule has 132 valence electrons. The van der Waals surface area contributed by atoms with E-state index in [0.717, 1.165) is 25.9 Å². The summed E-state index contributed by atoms with van der Waals surface area (Å²) in [5.41, 5.74) is -2.07. The van der Waals surface area contributed by atoms with Crippen LogP contribution in [0, 0.1) is 11.3 Å². The van der Waals surface area contributed by atoms with Gasteiger partial charge in [0.1, 0.15) is 5.60 Å². The molecule has 4 saturated heterocycles. The molecule has 4 aliphatic heterocycles. The monoisotopic (exact) mass is 326 g/mol. The Morgan fingerprint density at radius 3 is 2.35 bits per heavy atom. The van der Waals surface area contributed by atoms with Gasteiger partial charge in [0, 0.05) is 25.0 Å². The highest BCUT2D eigenvalue weighted by molar-refractivity contribution is 5.68. The molecular formula is C17H30N2O4. The van der Waals surface area contributed by atoms with E-state index in [9.17, 15) is 15.0 Å². The fourth-order valence-corrected chi connectivity index (χ4v) is 4.61. The highest BCUT2D eigenvalue weighted by Gasteiger charge is 2.61. The maximum atomic E-state index is 12.3. The topological polar surface area (TPSA) is 73.2 Å². The number of nitrogens with zero attached hydrogens (tertiary/aromatic N) is 2. The van der Waals surface area contributed by atoms with E-state index in [0.29, 0.717) is 26.1 Å². The Morgan fingerprint density at radius 1 is 1.22 bits per heavy atom. The van der Waals surface area contributed by atoms with Crippen LogP contribution in [0.5, 0.6) is 0 Å².